The molecule has 2 N–H and O–H groups in total. The van der Waals surface area contributed by atoms with Crippen LogP contribution < -0.4 is 5.73 Å². The van der Waals surface area contributed by atoms with Crippen LogP contribution in [-0.2, 0) is 0 Å². The van der Waals surface area contributed by atoms with E-state index in [4.69, 9.17) is 10.7 Å². The first-order chi connectivity index (χ1) is 10.1. The van der Waals surface area contributed by atoms with Gasteiger partial charge in [-0.1, -0.05) is 0 Å². The Morgan fingerprint density at radius 1 is 1.19 bits per heavy atom. The fourth-order valence-corrected chi connectivity index (χ4v) is 2.79. The molecule has 1 aliphatic carbocycles. The lowest BCUT2D eigenvalue weighted by Crippen LogP contribution is -1.98. The van der Waals surface area contributed by atoms with E-state index in [9.17, 15) is 4.39 Å². The number of nitrogens with two attached hydrogens (primary N) is 1. The fourth-order valence-electron chi connectivity index (χ4n) is 2.79. The van der Waals surface area contributed by atoms with Crippen LogP contribution >= 0.6 is 0 Å². The normalized spacial score (nSPS) is 14.8. The van der Waals surface area contributed by atoms with Crippen molar-refractivity contribution < 1.29 is 4.39 Å². The molecule has 0 unspecified atom stereocenters. The van der Waals surface area contributed by atoms with Crippen molar-refractivity contribution in [2.24, 2.45) is 0 Å². The van der Waals surface area contributed by atoms with Gasteiger partial charge in [-0.25, -0.2) is 9.37 Å². The minimum Gasteiger partial charge on any atom is -0.399 e. The standard InChI is InChI=1S/C17H16FN3/c1-10-8-11(2-6-14(10)19)17-20-15-7-3-12(18)9-16(15)21(17)13-4-5-13/h2-3,6-9,13H,4-5,19H2,1H3. The molecule has 0 atom stereocenters. The molecule has 1 heterocycles. The number of halogens is 1. The van der Waals surface area contributed by atoms with Crippen molar-refractivity contribution in [1.29, 1.82) is 0 Å². The van der Waals surface area contributed by atoms with Crippen molar-refractivity contribution >= 4 is 16.7 Å². The SMILES string of the molecule is Cc1cc(-c2nc3ccc(F)cc3n2C2CC2)ccc1N. The van der Waals surface area contributed by atoms with Crippen LogP contribution in [0.3, 0.4) is 0 Å². The molecule has 1 aromatic heterocycles. The molecule has 2 aromatic carbocycles. The van der Waals surface area contributed by atoms with Crippen molar-refractivity contribution in [2.45, 2.75) is 25.8 Å². The number of fused-ring (bicyclic) bond motifs is 1. The Labute approximate surface area is 122 Å². The molecule has 3 aromatic rings. The number of rotatable bonds is 2. The van der Waals surface area contributed by atoms with E-state index >= 15 is 0 Å². The number of benzene rings is 2. The molecule has 3 nitrogen and oxygen atoms in total. The van der Waals surface area contributed by atoms with Gasteiger partial charge in [-0.2, -0.15) is 0 Å². The molecule has 21 heavy (non-hydrogen) atoms. The number of aromatic nitrogens is 2. The first-order valence-corrected chi connectivity index (χ1v) is 7.17. The molecule has 0 amide bonds. The highest BCUT2D eigenvalue weighted by molar-refractivity contribution is 5.81. The Morgan fingerprint density at radius 3 is 2.71 bits per heavy atom. The number of hydrogen-bond donors (Lipinski definition) is 1. The summed E-state index contributed by atoms with van der Waals surface area (Å²) in [5.41, 5.74) is 10.5. The summed E-state index contributed by atoms with van der Waals surface area (Å²) in [5, 5.41) is 0. The van der Waals surface area contributed by atoms with Crippen LogP contribution in [0.5, 0.6) is 0 Å². The van der Waals surface area contributed by atoms with Crippen LogP contribution in [0, 0.1) is 12.7 Å². The number of aryl methyl sites for hydroxylation is 1. The van der Waals surface area contributed by atoms with Gasteiger partial charge in [0.05, 0.1) is 11.0 Å². The second-order valence-electron chi connectivity index (χ2n) is 5.74. The Kier molecular flexibility index (Phi) is 2.55. The van der Waals surface area contributed by atoms with Crippen LogP contribution in [0.1, 0.15) is 24.4 Å². The van der Waals surface area contributed by atoms with Crippen molar-refractivity contribution in [2.75, 3.05) is 5.73 Å². The quantitative estimate of drug-likeness (QED) is 0.720. The summed E-state index contributed by atoms with van der Waals surface area (Å²) in [4.78, 5) is 4.71. The molecular weight excluding hydrogens is 265 g/mol. The highest BCUT2D eigenvalue weighted by Gasteiger charge is 2.28. The average molecular weight is 281 g/mol. The smallest absolute Gasteiger partial charge is 0.141 e. The van der Waals surface area contributed by atoms with Gasteiger partial charge in [0.1, 0.15) is 11.6 Å². The maximum atomic E-state index is 13.6. The summed E-state index contributed by atoms with van der Waals surface area (Å²) in [6.45, 7) is 1.99. The van der Waals surface area contributed by atoms with E-state index in [0.29, 0.717) is 6.04 Å². The summed E-state index contributed by atoms with van der Waals surface area (Å²) >= 11 is 0. The molecule has 1 fully saturated rings. The van der Waals surface area contributed by atoms with E-state index in [1.165, 1.54) is 6.07 Å². The topological polar surface area (TPSA) is 43.8 Å². The Morgan fingerprint density at radius 2 is 2.00 bits per heavy atom. The molecule has 0 saturated heterocycles. The van der Waals surface area contributed by atoms with Crippen LogP contribution in [0.15, 0.2) is 36.4 Å². The van der Waals surface area contributed by atoms with Crippen LogP contribution in [0.2, 0.25) is 0 Å². The van der Waals surface area contributed by atoms with Gasteiger partial charge in [0, 0.05) is 17.3 Å². The number of hydrogen-bond acceptors (Lipinski definition) is 2. The van der Waals surface area contributed by atoms with E-state index < -0.39 is 0 Å². The molecule has 1 aliphatic rings. The maximum absolute atomic E-state index is 13.6. The molecule has 4 heteroatoms. The van der Waals surface area contributed by atoms with Crippen LogP contribution in [0.4, 0.5) is 10.1 Å². The van der Waals surface area contributed by atoms with E-state index in [2.05, 4.69) is 4.57 Å². The molecule has 106 valence electrons. The van der Waals surface area contributed by atoms with E-state index in [1.807, 2.05) is 25.1 Å². The number of nitrogens with zero attached hydrogens (tertiary/aromatic N) is 2. The van der Waals surface area contributed by atoms with E-state index in [0.717, 1.165) is 46.5 Å². The Balaban J connectivity index is 1.99. The maximum Gasteiger partial charge on any atom is 0.141 e. The lowest BCUT2D eigenvalue weighted by molar-refractivity contribution is 0.628. The van der Waals surface area contributed by atoms with Crippen molar-refractivity contribution in [1.82, 2.24) is 9.55 Å². The van der Waals surface area contributed by atoms with Gasteiger partial charge in [0.15, 0.2) is 0 Å². The highest BCUT2D eigenvalue weighted by atomic mass is 19.1. The third kappa shape index (κ3) is 1.98. The monoisotopic (exact) mass is 281 g/mol. The Hall–Kier alpha value is -2.36. The third-order valence-corrected chi connectivity index (χ3v) is 4.09. The lowest BCUT2D eigenvalue weighted by atomic mass is 10.1. The fraction of sp³-hybridized carbons (Fsp3) is 0.235. The molecule has 0 radical (unpaired) electrons. The van der Waals surface area contributed by atoms with Crippen molar-refractivity contribution in [3.63, 3.8) is 0 Å². The summed E-state index contributed by atoms with van der Waals surface area (Å²) in [6, 6.07) is 11.2. The number of anilines is 1. The van der Waals surface area contributed by atoms with Gasteiger partial charge >= 0.3 is 0 Å². The van der Waals surface area contributed by atoms with Crippen LogP contribution in [-0.4, -0.2) is 9.55 Å². The zero-order valence-corrected chi connectivity index (χ0v) is 11.8. The van der Waals surface area contributed by atoms with Crippen LogP contribution in [0.25, 0.3) is 22.4 Å². The minimum absolute atomic E-state index is 0.218. The average Bonchev–Trinajstić information content (AvgIpc) is 3.23. The third-order valence-electron chi connectivity index (χ3n) is 4.09. The molecular formula is C17H16FN3. The van der Waals surface area contributed by atoms with Gasteiger partial charge in [-0.15, -0.1) is 0 Å². The molecule has 0 spiro atoms. The van der Waals surface area contributed by atoms with Gasteiger partial charge < -0.3 is 10.3 Å². The lowest BCUT2D eigenvalue weighted by Gasteiger charge is -2.09. The first kappa shape index (κ1) is 12.4. The summed E-state index contributed by atoms with van der Waals surface area (Å²) in [7, 11) is 0. The minimum atomic E-state index is -0.218. The largest absolute Gasteiger partial charge is 0.399 e. The zero-order chi connectivity index (χ0) is 14.6. The van der Waals surface area contributed by atoms with Gasteiger partial charge in [0.25, 0.3) is 0 Å². The summed E-state index contributed by atoms with van der Waals surface area (Å²) < 4.78 is 15.7. The predicted octanol–water partition coefficient (Wildman–Crippen LogP) is 4.07. The van der Waals surface area contributed by atoms with Gasteiger partial charge in [-0.3, -0.25) is 0 Å². The second kappa shape index (κ2) is 4.32. The number of nitrogen functional groups attached to an aromatic ring is 1. The van der Waals surface area contributed by atoms with Crippen molar-refractivity contribution in [3.05, 3.63) is 47.8 Å². The van der Waals surface area contributed by atoms with E-state index in [1.54, 1.807) is 12.1 Å². The second-order valence-corrected chi connectivity index (χ2v) is 5.74. The van der Waals surface area contributed by atoms with E-state index in [-0.39, 0.29) is 5.82 Å². The number of imidazole rings is 1. The van der Waals surface area contributed by atoms with Crippen molar-refractivity contribution in [3.8, 4) is 11.4 Å². The highest BCUT2D eigenvalue weighted by Crippen LogP contribution is 2.41. The summed E-state index contributed by atoms with van der Waals surface area (Å²) in [6.07, 6.45) is 2.26. The summed E-state index contributed by atoms with van der Waals surface area (Å²) in [5.74, 6) is 0.686. The molecule has 0 aliphatic heterocycles. The Bertz CT molecular complexity index is 847. The zero-order valence-electron chi connectivity index (χ0n) is 11.8. The first-order valence-electron chi connectivity index (χ1n) is 7.17. The van der Waals surface area contributed by atoms with Gasteiger partial charge in [0.2, 0.25) is 0 Å². The van der Waals surface area contributed by atoms with Gasteiger partial charge in [-0.05, 0) is 61.7 Å². The predicted molar refractivity (Wildman–Crippen MR) is 82.5 cm³/mol. The molecule has 0 bridgehead atoms. The molecule has 4 rings (SSSR count). The molecule has 1 saturated carbocycles.